The van der Waals surface area contributed by atoms with Gasteiger partial charge in [0.2, 0.25) is 0 Å². The molecule has 0 saturated heterocycles. The van der Waals surface area contributed by atoms with Crippen LogP contribution < -0.4 is 9.64 Å². The van der Waals surface area contributed by atoms with Gasteiger partial charge in [-0.3, -0.25) is 9.69 Å². The summed E-state index contributed by atoms with van der Waals surface area (Å²) < 4.78 is 23.0. The van der Waals surface area contributed by atoms with E-state index in [0.717, 1.165) is 16.7 Å². The molecule has 0 bridgehead atoms. The number of halogens is 3. The van der Waals surface area contributed by atoms with Crippen LogP contribution in [0.25, 0.3) is 11.4 Å². The Hall–Kier alpha value is -3.35. The van der Waals surface area contributed by atoms with E-state index >= 15 is 4.39 Å². The van der Waals surface area contributed by atoms with Gasteiger partial charge >= 0.3 is 0 Å². The van der Waals surface area contributed by atoms with E-state index in [4.69, 9.17) is 32.9 Å². The number of fused-ring (bicyclic) bond motifs is 1. The molecule has 3 aromatic carbocycles. The summed E-state index contributed by atoms with van der Waals surface area (Å²) >= 11 is 12.4. The molecule has 5 nitrogen and oxygen atoms in total. The molecular formula is C28H24Cl2FN3O2. The Labute approximate surface area is 219 Å². The Balaban J connectivity index is 1.83. The van der Waals surface area contributed by atoms with Crippen molar-refractivity contribution in [2.45, 2.75) is 32.9 Å². The molecule has 4 aromatic rings. The number of anilines is 1. The Morgan fingerprint density at radius 1 is 1.06 bits per heavy atom. The summed E-state index contributed by atoms with van der Waals surface area (Å²) in [6.07, 6.45) is 0. The van der Waals surface area contributed by atoms with Gasteiger partial charge in [0.25, 0.3) is 5.91 Å². The molecule has 0 spiro atoms. The van der Waals surface area contributed by atoms with Crippen LogP contribution in [0.15, 0.2) is 60.7 Å². The van der Waals surface area contributed by atoms with Crippen LogP contribution in [0.5, 0.6) is 5.75 Å². The minimum atomic E-state index is -0.657. The SMILES string of the molecule is COc1ccccc1-c1nc2c(n1C(C)C)C(c1ccc(Cl)cc1C)N(c1cccc(Cl)c1F)C2=O. The maximum absolute atomic E-state index is 15.3. The molecule has 0 saturated carbocycles. The average Bonchev–Trinajstić information content (AvgIpc) is 3.36. The summed E-state index contributed by atoms with van der Waals surface area (Å²) in [5.41, 5.74) is 3.50. The smallest absolute Gasteiger partial charge is 0.279 e. The summed E-state index contributed by atoms with van der Waals surface area (Å²) in [5, 5.41) is 0.520. The van der Waals surface area contributed by atoms with Crippen LogP contribution in [0.4, 0.5) is 10.1 Å². The highest BCUT2D eigenvalue weighted by Gasteiger charge is 2.46. The van der Waals surface area contributed by atoms with Gasteiger partial charge in [-0.15, -0.1) is 0 Å². The number of carbonyl (C=O) groups excluding carboxylic acids is 1. The summed E-state index contributed by atoms with van der Waals surface area (Å²) in [4.78, 5) is 20.3. The molecule has 5 rings (SSSR count). The average molecular weight is 524 g/mol. The molecule has 8 heteroatoms. The zero-order chi connectivity index (χ0) is 25.7. The van der Waals surface area contributed by atoms with Gasteiger partial charge in [-0.25, -0.2) is 9.37 Å². The molecule has 1 aliphatic heterocycles. The summed E-state index contributed by atoms with van der Waals surface area (Å²) in [7, 11) is 1.60. The van der Waals surface area contributed by atoms with Gasteiger partial charge in [0.05, 0.1) is 29.1 Å². The van der Waals surface area contributed by atoms with Gasteiger partial charge in [0.1, 0.15) is 17.6 Å². The number of methoxy groups -OCH3 is 1. The van der Waals surface area contributed by atoms with Crippen LogP contribution in [-0.2, 0) is 0 Å². The zero-order valence-corrected chi connectivity index (χ0v) is 21.7. The molecule has 1 amide bonds. The standard InChI is InChI=1S/C28H24Cl2FN3O2/c1-15(2)33-26-24(32-27(33)19-8-5-6-11-22(19)36-4)28(35)34(21-10-7-9-20(30)23(21)31)25(26)18-13-12-17(29)14-16(18)3/h5-15,25H,1-4H3. The van der Waals surface area contributed by atoms with Crippen molar-refractivity contribution in [2.75, 3.05) is 12.0 Å². The lowest BCUT2D eigenvalue weighted by molar-refractivity contribution is 0.0988. The number of hydrogen-bond acceptors (Lipinski definition) is 3. The third-order valence-corrected chi connectivity index (χ3v) is 7.00. The molecule has 2 heterocycles. The first kappa shape index (κ1) is 24.3. The number of nitrogens with zero attached hydrogens (tertiary/aromatic N) is 3. The molecule has 184 valence electrons. The van der Waals surface area contributed by atoms with Gasteiger partial charge in [0, 0.05) is 11.1 Å². The second-order valence-electron chi connectivity index (χ2n) is 8.98. The molecule has 0 N–H and O–H groups in total. The molecular weight excluding hydrogens is 500 g/mol. The highest BCUT2D eigenvalue weighted by Crippen LogP contribution is 2.47. The van der Waals surface area contributed by atoms with Crippen LogP contribution in [0.3, 0.4) is 0 Å². The maximum atomic E-state index is 15.3. The van der Waals surface area contributed by atoms with Gasteiger partial charge in [0.15, 0.2) is 11.5 Å². The summed E-state index contributed by atoms with van der Waals surface area (Å²) in [5.74, 6) is 0.201. The number of carbonyl (C=O) groups is 1. The van der Waals surface area contributed by atoms with Gasteiger partial charge in [-0.2, -0.15) is 0 Å². The number of imidazole rings is 1. The predicted molar refractivity (Wildman–Crippen MR) is 141 cm³/mol. The minimum absolute atomic E-state index is 0.0575. The first-order valence-corrected chi connectivity index (χ1v) is 12.3. The van der Waals surface area contributed by atoms with Crippen molar-refractivity contribution < 1.29 is 13.9 Å². The minimum Gasteiger partial charge on any atom is -0.496 e. The first-order chi connectivity index (χ1) is 17.2. The lowest BCUT2D eigenvalue weighted by Gasteiger charge is -2.30. The Bertz CT molecular complexity index is 1500. The number of rotatable bonds is 5. The van der Waals surface area contributed by atoms with Crippen molar-refractivity contribution in [1.82, 2.24) is 9.55 Å². The molecule has 36 heavy (non-hydrogen) atoms. The lowest BCUT2D eigenvalue weighted by Crippen LogP contribution is -2.31. The lowest BCUT2D eigenvalue weighted by atomic mass is 9.98. The number of ether oxygens (including phenoxy) is 1. The Morgan fingerprint density at radius 2 is 1.81 bits per heavy atom. The second-order valence-corrected chi connectivity index (χ2v) is 9.83. The third-order valence-electron chi connectivity index (χ3n) is 6.47. The molecule has 1 atom stereocenters. The van der Waals surface area contributed by atoms with Gasteiger partial charge < -0.3 is 9.30 Å². The Morgan fingerprint density at radius 3 is 2.50 bits per heavy atom. The quantitative estimate of drug-likeness (QED) is 0.270. The highest BCUT2D eigenvalue weighted by atomic mass is 35.5. The first-order valence-electron chi connectivity index (χ1n) is 11.5. The topological polar surface area (TPSA) is 47.4 Å². The van der Waals surface area contributed by atoms with Gasteiger partial charge in [-0.1, -0.05) is 47.5 Å². The Kier molecular flexibility index (Phi) is 6.27. The normalized spacial score (nSPS) is 15.1. The molecule has 0 aliphatic carbocycles. The van der Waals surface area contributed by atoms with Crippen molar-refractivity contribution in [3.05, 3.63) is 99.0 Å². The van der Waals surface area contributed by atoms with E-state index in [9.17, 15) is 4.79 Å². The van der Waals surface area contributed by atoms with E-state index in [1.807, 2.05) is 61.7 Å². The van der Waals surface area contributed by atoms with Crippen LogP contribution >= 0.6 is 23.2 Å². The van der Waals surface area contributed by atoms with Crippen molar-refractivity contribution in [3.63, 3.8) is 0 Å². The van der Waals surface area contributed by atoms with Crippen molar-refractivity contribution in [2.24, 2.45) is 0 Å². The molecule has 0 radical (unpaired) electrons. The highest BCUT2D eigenvalue weighted by molar-refractivity contribution is 6.31. The maximum Gasteiger partial charge on any atom is 0.279 e. The zero-order valence-electron chi connectivity index (χ0n) is 20.2. The van der Waals surface area contributed by atoms with Crippen molar-refractivity contribution >= 4 is 34.8 Å². The van der Waals surface area contributed by atoms with Crippen LogP contribution in [0, 0.1) is 12.7 Å². The fourth-order valence-electron chi connectivity index (χ4n) is 4.92. The van der Waals surface area contributed by atoms with Crippen LogP contribution in [0.1, 0.15) is 53.2 Å². The summed E-state index contributed by atoms with van der Waals surface area (Å²) in [6.45, 7) is 5.98. The van der Waals surface area contributed by atoms with Crippen LogP contribution in [-0.4, -0.2) is 22.6 Å². The monoisotopic (exact) mass is 523 g/mol. The van der Waals surface area contributed by atoms with E-state index in [0.29, 0.717) is 22.3 Å². The molecule has 0 fully saturated rings. The number of benzene rings is 3. The predicted octanol–water partition coefficient (Wildman–Crippen LogP) is 7.64. The number of aromatic nitrogens is 2. The van der Waals surface area contributed by atoms with E-state index in [1.165, 1.54) is 11.0 Å². The largest absolute Gasteiger partial charge is 0.496 e. The van der Waals surface area contributed by atoms with Crippen LogP contribution in [0.2, 0.25) is 10.0 Å². The number of aryl methyl sites for hydroxylation is 1. The van der Waals surface area contributed by atoms with Crippen molar-refractivity contribution in [1.29, 1.82) is 0 Å². The molecule has 1 aromatic heterocycles. The fourth-order valence-corrected chi connectivity index (χ4v) is 5.32. The van der Waals surface area contributed by atoms with E-state index in [-0.39, 0.29) is 22.4 Å². The summed E-state index contributed by atoms with van der Waals surface area (Å²) in [6, 6.07) is 17.0. The third kappa shape index (κ3) is 3.76. The van der Waals surface area contributed by atoms with E-state index in [2.05, 4.69) is 0 Å². The number of hydrogen-bond donors (Lipinski definition) is 0. The van der Waals surface area contributed by atoms with E-state index < -0.39 is 17.8 Å². The number of amides is 1. The van der Waals surface area contributed by atoms with Gasteiger partial charge in [-0.05, 0) is 68.3 Å². The molecule has 1 aliphatic rings. The molecule has 1 unspecified atom stereocenters. The fraction of sp³-hybridized carbons (Fsp3) is 0.214. The van der Waals surface area contributed by atoms with Crippen molar-refractivity contribution in [3.8, 4) is 17.1 Å². The van der Waals surface area contributed by atoms with E-state index in [1.54, 1.807) is 25.3 Å². The number of para-hydroxylation sites is 1. The second kappa shape index (κ2) is 9.26.